The summed E-state index contributed by atoms with van der Waals surface area (Å²) in [6.07, 6.45) is -0.935. The highest BCUT2D eigenvalue weighted by Crippen LogP contribution is 2.53. The van der Waals surface area contributed by atoms with Gasteiger partial charge in [-0.15, -0.1) is 0 Å². The van der Waals surface area contributed by atoms with Gasteiger partial charge >= 0.3 is 24.1 Å². The van der Waals surface area contributed by atoms with Crippen molar-refractivity contribution < 1.29 is 49.3 Å². The fourth-order valence-electron chi connectivity index (χ4n) is 3.71. The van der Waals surface area contributed by atoms with E-state index in [1.165, 1.54) is 18.5 Å². The molecule has 0 unspecified atom stereocenters. The maximum Gasteiger partial charge on any atom is 0.471 e. The molecular formula is C28H36F8N2O3. The minimum absolute atomic E-state index is 0.0921. The van der Waals surface area contributed by atoms with E-state index < -0.39 is 43.0 Å². The number of para-hydroxylation sites is 1. The highest BCUT2D eigenvalue weighted by atomic mass is 19.4. The van der Waals surface area contributed by atoms with Crippen LogP contribution in [0.15, 0.2) is 36.7 Å². The third kappa shape index (κ3) is 9.22. The van der Waals surface area contributed by atoms with Gasteiger partial charge in [0, 0.05) is 19.0 Å². The first-order valence-electron chi connectivity index (χ1n) is 13.6. The summed E-state index contributed by atoms with van der Waals surface area (Å²) in [6.45, 7) is 2.15. The van der Waals surface area contributed by atoms with Crippen LogP contribution in [0.3, 0.4) is 0 Å². The number of aryl methyl sites for hydroxylation is 1. The van der Waals surface area contributed by atoms with Crippen molar-refractivity contribution in [3.63, 3.8) is 0 Å². The SMILES string of the molecule is CCCCCCCCc1cnc(-c2ccccc2OC(F)(F)C(F)(F)C(F)(F)C(F)(F)OCCOCCCC)nc1. The number of nitrogens with zero attached hydrogens (tertiary/aromatic N) is 2. The molecule has 41 heavy (non-hydrogen) atoms. The fourth-order valence-corrected chi connectivity index (χ4v) is 3.71. The summed E-state index contributed by atoms with van der Waals surface area (Å²) in [5.41, 5.74) is 0.418. The lowest BCUT2D eigenvalue weighted by Gasteiger charge is -2.35. The van der Waals surface area contributed by atoms with Crippen LogP contribution in [0.1, 0.15) is 70.8 Å². The number of rotatable bonds is 20. The molecule has 0 saturated carbocycles. The Labute approximate surface area is 234 Å². The summed E-state index contributed by atoms with van der Waals surface area (Å²) in [7, 11) is 0. The second-order valence-electron chi connectivity index (χ2n) is 9.53. The van der Waals surface area contributed by atoms with Gasteiger partial charge < -0.3 is 14.2 Å². The number of aromatic nitrogens is 2. The van der Waals surface area contributed by atoms with Crippen LogP contribution in [0, 0.1) is 0 Å². The summed E-state index contributed by atoms with van der Waals surface area (Å²) in [6, 6.07) is 4.35. The van der Waals surface area contributed by atoms with Crippen molar-refractivity contribution in [2.45, 2.75) is 95.7 Å². The van der Waals surface area contributed by atoms with Crippen LogP contribution >= 0.6 is 0 Å². The Bertz CT molecular complexity index is 1040. The molecule has 0 amide bonds. The summed E-state index contributed by atoms with van der Waals surface area (Å²) >= 11 is 0. The van der Waals surface area contributed by atoms with Crippen LogP contribution in [-0.4, -0.2) is 53.9 Å². The van der Waals surface area contributed by atoms with Crippen molar-refractivity contribution in [2.75, 3.05) is 19.8 Å². The molecule has 0 aliphatic heterocycles. The average Bonchev–Trinajstić information content (AvgIpc) is 2.93. The molecule has 0 N–H and O–H groups in total. The van der Waals surface area contributed by atoms with Crippen LogP contribution in [0.5, 0.6) is 5.75 Å². The summed E-state index contributed by atoms with van der Waals surface area (Å²) in [5.74, 6) is -14.6. The molecule has 0 aliphatic rings. The van der Waals surface area contributed by atoms with Crippen molar-refractivity contribution >= 4 is 0 Å². The number of alkyl halides is 8. The number of unbranched alkanes of at least 4 members (excludes halogenated alkanes) is 6. The summed E-state index contributed by atoms with van der Waals surface area (Å²) in [5, 5.41) is 0. The molecule has 1 heterocycles. The number of hydrogen-bond donors (Lipinski definition) is 0. The van der Waals surface area contributed by atoms with E-state index in [4.69, 9.17) is 4.74 Å². The number of halogens is 8. The van der Waals surface area contributed by atoms with Crippen molar-refractivity contribution in [1.29, 1.82) is 0 Å². The molecule has 232 valence electrons. The van der Waals surface area contributed by atoms with Crippen molar-refractivity contribution in [1.82, 2.24) is 9.97 Å². The third-order valence-corrected chi connectivity index (χ3v) is 6.17. The van der Waals surface area contributed by atoms with Crippen molar-refractivity contribution in [2.24, 2.45) is 0 Å². The normalized spacial score (nSPS) is 13.0. The van der Waals surface area contributed by atoms with Gasteiger partial charge in [0.05, 0.1) is 18.8 Å². The standard InChI is InChI=1S/C28H36F8N2O3/c1-3-5-7-8-9-10-13-21-19-37-24(38-20-21)22-14-11-12-15-23(22)41-28(35,36)26(31,32)25(29,30)27(33,34)40-18-17-39-16-6-4-2/h11-12,14-15,19-20H,3-10,13,16-18H2,1-2H3. The first kappa shape index (κ1) is 34.7. The monoisotopic (exact) mass is 600 g/mol. The van der Waals surface area contributed by atoms with Gasteiger partial charge in [0.15, 0.2) is 5.82 Å². The van der Waals surface area contributed by atoms with E-state index in [-0.39, 0.29) is 18.0 Å². The zero-order valence-corrected chi connectivity index (χ0v) is 23.1. The Kier molecular flexibility index (Phi) is 13.2. The zero-order chi connectivity index (χ0) is 30.6. The fraction of sp³-hybridized carbons (Fsp3) is 0.643. The van der Waals surface area contributed by atoms with Gasteiger partial charge in [-0.25, -0.2) is 9.97 Å². The van der Waals surface area contributed by atoms with E-state index in [0.717, 1.165) is 62.3 Å². The van der Waals surface area contributed by atoms with E-state index in [2.05, 4.69) is 26.4 Å². The highest BCUT2D eigenvalue weighted by molar-refractivity contribution is 5.63. The molecule has 0 bridgehead atoms. The second kappa shape index (κ2) is 15.6. The average molecular weight is 601 g/mol. The molecule has 2 rings (SSSR count). The number of hydrogen-bond acceptors (Lipinski definition) is 5. The molecule has 13 heteroatoms. The predicted molar refractivity (Wildman–Crippen MR) is 137 cm³/mol. The molecule has 0 aliphatic carbocycles. The lowest BCUT2D eigenvalue weighted by molar-refractivity contribution is -0.451. The first-order valence-corrected chi connectivity index (χ1v) is 13.6. The van der Waals surface area contributed by atoms with Crippen LogP contribution < -0.4 is 4.74 Å². The molecule has 0 saturated heterocycles. The minimum atomic E-state index is -6.69. The maximum absolute atomic E-state index is 14.5. The largest absolute Gasteiger partial charge is 0.471 e. The molecule has 2 aromatic rings. The summed E-state index contributed by atoms with van der Waals surface area (Å²) < 4.78 is 127. The quantitative estimate of drug-likeness (QED) is 0.112. The number of benzene rings is 1. The molecule has 0 spiro atoms. The second-order valence-corrected chi connectivity index (χ2v) is 9.53. The molecular weight excluding hydrogens is 564 g/mol. The van der Waals surface area contributed by atoms with Crippen LogP contribution in [-0.2, 0) is 15.9 Å². The van der Waals surface area contributed by atoms with Crippen molar-refractivity contribution in [3.05, 3.63) is 42.2 Å². The van der Waals surface area contributed by atoms with Gasteiger partial charge in [-0.05, 0) is 37.0 Å². The smallest absolute Gasteiger partial charge is 0.427 e. The Morgan fingerprint density at radius 2 is 1.24 bits per heavy atom. The van der Waals surface area contributed by atoms with Gasteiger partial charge in [0.25, 0.3) is 0 Å². The minimum Gasteiger partial charge on any atom is -0.427 e. The van der Waals surface area contributed by atoms with Gasteiger partial charge in [-0.1, -0.05) is 64.5 Å². The Morgan fingerprint density at radius 3 is 1.90 bits per heavy atom. The van der Waals surface area contributed by atoms with Crippen LogP contribution in [0.25, 0.3) is 11.4 Å². The topological polar surface area (TPSA) is 53.5 Å². The highest BCUT2D eigenvalue weighted by Gasteiger charge is 2.83. The molecule has 1 aromatic carbocycles. The van der Waals surface area contributed by atoms with Gasteiger partial charge in [0.1, 0.15) is 5.75 Å². The Balaban J connectivity index is 2.13. The third-order valence-electron chi connectivity index (χ3n) is 6.17. The van der Waals surface area contributed by atoms with Crippen LogP contribution in [0.2, 0.25) is 0 Å². The van der Waals surface area contributed by atoms with E-state index in [9.17, 15) is 35.1 Å². The molecule has 0 fully saturated rings. The zero-order valence-electron chi connectivity index (χ0n) is 23.1. The molecule has 0 radical (unpaired) electrons. The maximum atomic E-state index is 14.5. The molecule has 5 nitrogen and oxygen atoms in total. The van der Waals surface area contributed by atoms with Gasteiger partial charge in [-0.2, -0.15) is 35.1 Å². The van der Waals surface area contributed by atoms with Gasteiger partial charge in [-0.3, -0.25) is 0 Å². The van der Waals surface area contributed by atoms with Gasteiger partial charge in [0.2, 0.25) is 0 Å². The lowest BCUT2D eigenvalue weighted by atomic mass is 10.1. The van der Waals surface area contributed by atoms with E-state index >= 15 is 0 Å². The van der Waals surface area contributed by atoms with E-state index in [1.807, 2.05) is 0 Å². The lowest BCUT2D eigenvalue weighted by Crippen LogP contribution is -2.64. The van der Waals surface area contributed by atoms with Crippen LogP contribution in [0.4, 0.5) is 35.1 Å². The molecule has 0 atom stereocenters. The Hall–Kier alpha value is -2.54. The van der Waals surface area contributed by atoms with E-state index in [1.54, 1.807) is 6.92 Å². The van der Waals surface area contributed by atoms with E-state index in [0.29, 0.717) is 19.3 Å². The first-order chi connectivity index (χ1) is 19.3. The van der Waals surface area contributed by atoms with Crippen molar-refractivity contribution in [3.8, 4) is 17.1 Å². The predicted octanol–water partition coefficient (Wildman–Crippen LogP) is 8.71. The number of ether oxygens (including phenoxy) is 3. The summed E-state index contributed by atoms with van der Waals surface area (Å²) in [4.78, 5) is 8.11. The Morgan fingerprint density at radius 1 is 0.659 bits per heavy atom. The molecule has 1 aromatic heterocycles.